The lowest BCUT2D eigenvalue weighted by Gasteiger charge is -2.10. The first-order chi connectivity index (χ1) is 4.18. The monoisotopic (exact) mass is 125 g/mol. The molecule has 0 aliphatic carbocycles. The summed E-state index contributed by atoms with van der Waals surface area (Å²) in [4.78, 5) is 11.8. The molecule has 0 aromatic carbocycles. The third-order valence-corrected chi connectivity index (χ3v) is 0.985. The molecule has 0 heterocycles. The predicted molar refractivity (Wildman–Crippen MR) is 33.2 cm³/mol. The highest BCUT2D eigenvalue weighted by atomic mass is 16.2. The number of hydrogen-bond acceptors (Lipinski definition) is 2. The van der Waals surface area contributed by atoms with Gasteiger partial charge in [-0.15, -0.1) is 0 Å². The molecule has 3 nitrogen and oxygen atoms in total. The molecule has 0 saturated carbocycles. The van der Waals surface area contributed by atoms with Crippen LogP contribution in [0.3, 0.4) is 0 Å². The molecule has 0 N–H and O–H groups in total. The lowest BCUT2D eigenvalue weighted by atomic mass is 10.4. The van der Waals surface area contributed by atoms with E-state index in [1.165, 1.54) is 4.90 Å². The Labute approximate surface area is 54.9 Å². The molecular formula is C6H9N2O. The topological polar surface area (TPSA) is 44.1 Å². The van der Waals surface area contributed by atoms with Crippen LogP contribution in [-0.2, 0) is 4.79 Å². The summed E-state index contributed by atoms with van der Waals surface area (Å²) in [6, 6.07) is 1.93. The zero-order chi connectivity index (χ0) is 7.28. The van der Waals surface area contributed by atoms with Crippen molar-refractivity contribution < 1.29 is 4.79 Å². The van der Waals surface area contributed by atoms with Gasteiger partial charge in [-0.05, 0) is 0 Å². The summed E-state index contributed by atoms with van der Waals surface area (Å²) >= 11 is 0. The summed E-state index contributed by atoms with van der Waals surface area (Å²) in [6.07, 6.45) is 0.373. The third kappa shape index (κ3) is 3.53. The van der Waals surface area contributed by atoms with Crippen molar-refractivity contribution in [1.82, 2.24) is 4.90 Å². The van der Waals surface area contributed by atoms with E-state index in [-0.39, 0.29) is 5.91 Å². The molecule has 49 valence electrons. The summed E-state index contributed by atoms with van der Waals surface area (Å²) in [6.45, 7) is 3.64. The largest absolute Gasteiger partial charge is 0.345 e. The molecule has 0 aliphatic rings. The van der Waals surface area contributed by atoms with Gasteiger partial charge in [0.15, 0.2) is 0 Å². The van der Waals surface area contributed by atoms with Gasteiger partial charge in [0.2, 0.25) is 5.91 Å². The first-order valence-electron chi connectivity index (χ1n) is 2.62. The van der Waals surface area contributed by atoms with E-state index in [9.17, 15) is 4.79 Å². The van der Waals surface area contributed by atoms with Gasteiger partial charge in [0, 0.05) is 20.5 Å². The summed E-state index contributed by atoms with van der Waals surface area (Å²) in [5, 5.41) is 8.09. The van der Waals surface area contributed by atoms with Crippen LogP contribution in [-0.4, -0.2) is 24.4 Å². The smallest absolute Gasteiger partial charge is 0.222 e. The molecule has 0 bridgehead atoms. The van der Waals surface area contributed by atoms with E-state index in [2.05, 4.69) is 6.92 Å². The maximum absolute atomic E-state index is 10.4. The second-order valence-electron chi connectivity index (χ2n) is 1.72. The van der Waals surface area contributed by atoms with Crippen LogP contribution in [0.4, 0.5) is 0 Å². The van der Waals surface area contributed by atoms with Crippen LogP contribution in [0, 0.1) is 18.3 Å². The number of nitrogens with zero attached hydrogens (tertiary/aromatic N) is 2. The Balaban J connectivity index is 3.41. The van der Waals surface area contributed by atoms with Crippen molar-refractivity contribution in [3.05, 3.63) is 6.92 Å². The Morgan fingerprint density at radius 1 is 1.89 bits per heavy atom. The molecule has 9 heavy (non-hydrogen) atoms. The van der Waals surface area contributed by atoms with E-state index >= 15 is 0 Å². The Kier molecular flexibility index (Phi) is 3.45. The average Bonchev–Trinajstić information content (AvgIpc) is 1.82. The van der Waals surface area contributed by atoms with E-state index in [0.29, 0.717) is 13.0 Å². The Morgan fingerprint density at radius 2 is 2.44 bits per heavy atom. The quantitative estimate of drug-likeness (QED) is 0.529. The van der Waals surface area contributed by atoms with E-state index in [4.69, 9.17) is 5.26 Å². The van der Waals surface area contributed by atoms with Crippen molar-refractivity contribution in [3.63, 3.8) is 0 Å². The average molecular weight is 125 g/mol. The molecule has 0 aromatic rings. The number of nitriles is 1. The minimum Gasteiger partial charge on any atom is -0.345 e. The van der Waals surface area contributed by atoms with E-state index < -0.39 is 0 Å². The second-order valence-corrected chi connectivity index (χ2v) is 1.72. The number of carbonyl (C=O) groups is 1. The summed E-state index contributed by atoms with van der Waals surface area (Å²) in [7, 11) is 1.62. The van der Waals surface area contributed by atoms with E-state index in [1.54, 1.807) is 7.05 Å². The molecule has 0 atom stereocenters. The van der Waals surface area contributed by atoms with E-state index in [1.807, 2.05) is 6.07 Å². The molecule has 0 aliphatic heterocycles. The minimum absolute atomic E-state index is 0.245. The fourth-order valence-corrected chi connectivity index (χ4v) is 0.342. The highest BCUT2D eigenvalue weighted by Gasteiger charge is 1.98. The number of rotatable bonds is 2. The number of amides is 1. The summed E-state index contributed by atoms with van der Waals surface area (Å²) < 4.78 is 0. The SMILES string of the molecule is [CH2]C(=O)N(C)CCC#N. The minimum atomic E-state index is -0.245. The predicted octanol–water partition coefficient (Wildman–Crippen LogP) is 0.193. The van der Waals surface area contributed by atoms with Crippen LogP contribution in [0.1, 0.15) is 6.42 Å². The summed E-state index contributed by atoms with van der Waals surface area (Å²) in [5.74, 6) is -0.245. The van der Waals surface area contributed by atoms with Crippen molar-refractivity contribution in [1.29, 1.82) is 5.26 Å². The maximum Gasteiger partial charge on any atom is 0.222 e. The van der Waals surface area contributed by atoms with Crippen molar-refractivity contribution in [2.75, 3.05) is 13.6 Å². The third-order valence-electron chi connectivity index (χ3n) is 0.985. The molecule has 1 amide bonds. The standard InChI is InChI=1S/C6H9N2O/c1-6(9)8(2)5-3-4-7/h1,3,5H2,2H3. The first kappa shape index (κ1) is 7.96. The van der Waals surface area contributed by atoms with Crippen molar-refractivity contribution in [2.24, 2.45) is 0 Å². The van der Waals surface area contributed by atoms with E-state index in [0.717, 1.165) is 0 Å². The molecule has 0 aromatic heterocycles. The van der Waals surface area contributed by atoms with Gasteiger partial charge in [0.1, 0.15) is 0 Å². The van der Waals surface area contributed by atoms with Crippen LogP contribution < -0.4 is 0 Å². The number of hydrogen-bond donors (Lipinski definition) is 0. The first-order valence-corrected chi connectivity index (χ1v) is 2.62. The normalized spacial score (nSPS) is 8.11. The maximum atomic E-state index is 10.4. The van der Waals surface area contributed by atoms with Crippen molar-refractivity contribution in [3.8, 4) is 6.07 Å². The molecular weight excluding hydrogens is 116 g/mol. The van der Waals surface area contributed by atoms with Crippen LogP contribution in [0.25, 0.3) is 0 Å². The molecule has 0 rings (SSSR count). The summed E-state index contributed by atoms with van der Waals surface area (Å²) in [5.41, 5.74) is 0. The van der Waals surface area contributed by atoms with Gasteiger partial charge < -0.3 is 4.90 Å². The van der Waals surface area contributed by atoms with Gasteiger partial charge in [-0.3, -0.25) is 4.79 Å². The zero-order valence-electron chi connectivity index (χ0n) is 5.42. The fraction of sp³-hybridized carbons (Fsp3) is 0.500. The lowest BCUT2D eigenvalue weighted by molar-refractivity contribution is -0.125. The molecule has 0 unspecified atom stereocenters. The Bertz CT molecular complexity index is 136. The lowest BCUT2D eigenvalue weighted by Crippen LogP contribution is -2.24. The van der Waals surface area contributed by atoms with Gasteiger partial charge in [-0.2, -0.15) is 5.26 Å². The Hall–Kier alpha value is -1.04. The highest BCUT2D eigenvalue weighted by Crippen LogP contribution is 1.84. The second kappa shape index (κ2) is 3.90. The molecule has 0 spiro atoms. The molecule has 3 heteroatoms. The Morgan fingerprint density at radius 3 is 2.78 bits per heavy atom. The van der Waals surface area contributed by atoms with Crippen LogP contribution in [0.15, 0.2) is 0 Å². The van der Waals surface area contributed by atoms with Crippen LogP contribution >= 0.6 is 0 Å². The van der Waals surface area contributed by atoms with Gasteiger partial charge in [0.05, 0.1) is 12.5 Å². The molecule has 1 radical (unpaired) electrons. The fourth-order valence-electron chi connectivity index (χ4n) is 0.342. The van der Waals surface area contributed by atoms with Gasteiger partial charge in [-0.1, -0.05) is 0 Å². The molecule has 0 fully saturated rings. The van der Waals surface area contributed by atoms with Crippen LogP contribution in [0.2, 0.25) is 0 Å². The van der Waals surface area contributed by atoms with Gasteiger partial charge in [-0.25, -0.2) is 0 Å². The van der Waals surface area contributed by atoms with Gasteiger partial charge >= 0.3 is 0 Å². The highest BCUT2D eigenvalue weighted by molar-refractivity contribution is 5.79. The van der Waals surface area contributed by atoms with Crippen molar-refractivity contribution >= 4 is 5.91 Å². The van der Waals surface area contributed by atoms with Gasteiger partial charge in [0.25, 0.3) is 0 Å². The van der Waals surface area contributed by atoms with Crippen LogP contribution in [0.5, 0.6) is 0 Å². The zero-order valence-corrected chi connectivity index (χ0v) is 5.42. The van der Waals surface area contributed by atoms with Crippen molar-refractivity contribution in [2.45, 2.75) is 6.42 Å². The molecule has 0 saturated heterocycles. The number of carbonyl (C=O) groups excluding carboxylic acids is 1.